The van der Waals surface area contributed by atoms with Gasteiger partial charge < -0.3 is 5.73 Å². The van der Waals surface area contributed by atoms with Crippen molar-refractivity contribution in [2.75, 3.05) is 11.1 Å². The summed E-state index contributed by atoms with van der Waals surface area (Å²) in [5.41, 5.74) is 9.34. The predicted octanol–water partition coefficient (Wildman–Crippen LogP) is 7.16. The Morgan fingerprint density at radius 2 is 1.67 bits per heavy atom. The van der Waals surface area contributed by atoms with Crippen LogP contribution in [0.25, 0.3) is 49.1 Å². The zero-order valence-corrected chi connectivity index (χ0v) is 22.5. The van der Waals surface area contributed by atoms with Crippen LogP contribution in [0.4, 0.5) is 20.4 Å². The minimum atomic E-state index is -0.755. The van der Waals surface area contributed by atoms with Gasteiger partial charge in [-0.25, -0.2) is 13.8 Å². The van der Waals surface area contributed by atoms with Gasteiger partial charge in [0.05, 0.1) is 11.4 Å². The van der Waals surface area contributed by atoms with Crippen molar-refractivity contribution >= 4 is 49.8 Å². The minimum Gasteiger partial charge on any atom is -0.397 e. The largest absolute Gasteiger partial charge is 0.397 e. The fourth-order valence-corrected chi connectivity index (χ4v) is 5.98. The van der Waals surface area contributed by atoms with Gasteiger partial charge in [0.2, 0.25) is 11.0 Å². The van der Waals surface area contributed by atoms with Crippen molar-refractivity contribution in [3.05, 3.63) is 120 Å². The second-order valence-electron chi connectivity index (χ2n) is 9.53. The fourth-order valence-electron chi connectivity index (χ4n) is 4.97. The molecule has 1 amide bonds. The molecular formula is C32H20F2N5O2S+. The minimum absolute atomic E-state index is 0.106. The van der Waals surface area contributed by atoms with E-state index >= 15 is 4.39 Å². The maximum Gasteiger partial charge on any atom is 0.303 e. The van der Waals surface area contributed by atoms with Crippen molar-refractivity contribution in [1.82, 2.24) is 10.3 Å². The van der Waals surface area contributed by atoms with Crippen molar-refractivity contribution in [2.45, 2.75) is 0 Å². The first kappa shape index (κ1) is 25.5. The van der Waals surface area contributed by atoms with Crippen LogP contribution in [0.3, 0.4) is 0 Å². The van der Waals surface area contributed by atoms with Crippen molar-refractivity contribution in [3.63, 3.8) is 0 Å². The van der Waals surface area contributed by atoms with E-state index in [1.807, 2.05) is 72.8 Å². The number of hydrogen-bond donors (Lipinski definition) is 2. The van der Waals surface area contributed by atoms with Crippen LogP contribution in [0.5, 0.6) is 0 Å². The molecular weight excluding hydrogens is 556 g/mol. The summed E-state index contributed by atoms with van der Waals surface area (Å²) in [6, 6.07) is 28.1. The molecule has 0 atom stereocenters. The molecule has 0 radical (unpaired) electrons. The van der Waals surface area contributed by atoms with E-state index in [0.717, 1.165) is 39.4 Å². The van der Waals surface area contributed by atoms with Crippen molar-refractivity contribution in [2.24, 2.45) is 0 Å². The number of nitrogens with zero attached hydrogens (tertiary/aromatic N) is 3. The summed E-state index contributed by atoms with van der Waals surface area (Å²) >= 11 is 1.07. The number of amides is 1. The normalized spacial score (nSPS) is 11.3. The fraction of sp³-hybridized carbons (Fsp3) is 0. The molecule has 3 N–H and O–H groups in total. The maximum absolute atomic E-state index is 15.2. The third kappa shape index (κ3) is 4.43. The number of rotatable bonds is 5. The van der Waals surface area contributed by atoms with Gasteiger partial charge in [0.1, 0.15) is 21.3 Å². The van der Waals surface area contributed by atoms with Gasteiger partial charge in [-0.2, -0.15) is 0 Å². The van der Waals surface area contributed by atoms with Gasteiger partial charge in [-0.15, -0.1) is 11.3 Å². The molecule has 3 heterocycles. The summed E-state index contributed by atoms with van der Waals surface area (Å²) in [4.78, 5) is 18.9. The highest BCUT2D eigenvalue weighted by Crippen LogP contribution is 2.43. The zero-order valence-electron chi connectivity index (χ0n) is 21.7. The topological polar surface area (TPSA) is 97.9 Å². The van der Waals surface area contributed by atoms with Gasteiger partial charge in [-0.05, 0) is 39.2 Å². The molecule has 0 aliphatic carbocycles. The maximum atomic E-state index is 15.2. The lowest BCUT2D eigenvalue weighted by Crippen LogP contribution is -2.31. The van der Waals surface area contributed by atoms with Gasteiger partial charge in [0, 0.05) is 34.7 Å². The summed E-state index contributed by atoms with van der Waals surface area (Å²) in [5.74, 6) is -1.89. The smallest absolute Gasteiger partial charge is 0.303 e. The molecule has 3 aromatic heterocycles. The Balaban J connectivity index is 1.36. The van der Waals surface area contributed by atoms with Crippen LogP contribution < -0.4 is 15.7 Å². The highest BCUT2D eigenvalue weighted by atomic mass is 32.1. The number of carbonyl (C=O) groups excluding carboxylic acids is 1. The van der Waals surface area contributed by atoms with Gasteiger partial charge >= 0.3 is 5.88 Å². The number of hydrogen-bond acceptors (Lipinski definition) is 6. The average Bonchev–Trinajstić information content (AvgIpc) is 3.61. The number of aromatic nitrogens is 3. The van der Waals surface area contributed by atoms with E-state index in [2.05, 4.69) is 10.6 Å². The van der Waals surface area contributed by atoms with Crippen LogP contribution in [-0.2, 0) is 0 Å². The van der Waals surface area contributed by atoms with Crippen molar-refractivity contribution in [3.8, 4) is 28.1 Å². The summed E-state index contributed by atoms with van der Waals surface area (Å²) in [7, 11) is 0. The van der Waals surface area contributed by atoms with E-state index in [9.17, 15) is 9.18 Å². The van der Waals surface area contributed by atoms with E-state index in [1.165, 1.54) is 23.0 Å². The lowest BCUT2D eigenvalue weighted by atomic mass is 9.96. The molecule has 0 bridgehead atoms. The number of nitrogens with one attached hydrogen (secondary N) is 1. The molecule has 0 fully saturated rings. The number of pyridine rings is 1. The first-order chi connectivity index (χ1) is 20.5. The number of halogens is 2. The molecule has 42 heavy (non-hydrogen) atoms. The molecule has 7 aromatic rings. The number of benzene rings is 4. The summed E-state index contributed by atoms with van der Waals surface area (Å²) in [5, 5.41) is 9.01. The summed E-state index contributed by atoms with van der Waals surface area (Å²) in [6.45, 7) is 0. The van der Waals surface area contributed by atoms with Gasteiger partial charge in [0.25, 0.3) is 12.1 Å². The molecule has 0 aliphatic heterocycles. The van der Waals surface area contributed by atoms with Crippen LogP contribution in [0.15, 0.2) is 108 Å². The van der Waals surface area contributed by atoms with Gasteiger partial charge in [-0.3, -0.25) is 14.6 Å². The highest BCUT2D eigenvalue weighted by molar-refractivity contribution is 7.21. The van der Waals surface area contributed by atoms with Crippen LogP contribution in [0.2, 0.25) is 0 Å². The third-order valence-corrected chi connectivity index (χ3v) is 8.01. The van der Waals surface area contributed by atoms with Gasteiger partial charge in [-0.1, -0.05) is 60.7 Å². The molecule has 7 rings (SSSR count). The van der Waals surface area contributed by atoms with Crippen LogP contribution in [-0.4, -0.2) is 16.2 Å². The van der Waals surface area contributed by atoms with Crippen LogP contribution >= 0.6 is 11.3 Å². The standard InChI is InChI=1S/C32H19F2N5O2S/c33-19-13-14-22(25(34)15-19)24-16-26(23-12-6-8-18-7-4-5-11-21(18)23)36-32-28(24)29(35)30(42-32)31(40)37-27-17-39(38-41-27)20-9-2-1-3-10-20/h1-17H,(H2-,35,37,38,40)/p+1. The van der Waals surface area contributed by atoms with Crippen molar-refractivity contribution in [1.29, 1.82) is 0 Å². The second kappa shape index (κ2) is 10.2. The Kier molecular flexibility index (Phi) is 6.17. The quantitative estimate of drug-likeness (QED) is 0.212. The average molecular weight is 577 g/mol. The summed E-state index contributed by atoms with van der Waals surface area (Å²) < 4.78 is 35.8. The number of anilines is 2. The Bertz CT molecular complexity index is 2140. The van der Waals surface area contributed by atoms with Crippen LogP contribution in [0.1, 0.15) is 9.67 Å². The van der Waals surface area contributed by atoms with Crippen molar-refractivity contribution < 1.29 is 22.8 Å². The van der Waals surface area contributed by atoms with E-state index in [1.54, 1.807) is 6.07 Å². The van der Waals surface area contributed by atoms with E-state index in [-0.39, 0.29) is 22.0 Å². The first-order valence-electron chi connectivity index (χ1n) is 12.9. The highest BCUT2D eigenvalue weighted by Gasteiger charge is 2.25. The van der Waals surface area contributed by atoms with E-state index < -0.39 is 17.5 Å². The zero-order chi connectivity index (χ0) is 28.8. The predicted molar refractivity (Wildman–Crippen MR) is 158 cm³/mol. The van der Waals surface area contributed by atoms with Gasteiger partial charge in [0.15, 0.2) is 0 Å². The summed E-state index contributed by atoms with van der Waals surface area (Å²) in [6.07, 6.45) is 1.53. The number of nitrogens with two attached hydrogens (primary N) is 1. The number of thiophene rings is 1. The molecule has 0 saturated heterocycles. The first-order valence-corrected chi connectivity index (χ1v) is 13.7. The number of carbonyl (C=O) groups is 1. The van der Waals surface area contributed by atoms with Crippen LogP contribution in [0, 0.1) is 11.6 Å². The van der Waals surface area contributed by atoms with E-state index in [0.29, 0.717) is 21.5 Å². The monoisotopic (exact) mass is 576 g/mol. The molecule has 204 valence electrons. The SMILES string of the molecule is Nc1c(C(=O)Nc2c[n+](-c3ccccc3)no2)sc2nc(-c3cccc4ccccc34)cc(-c3ccc(F)cc3F)c12. The number of nitrogen functional groups attached to an aromatic ring is 1. The Labute approximate surface area is 241 Å². The molecule has 0 aliphatic rings. The number of para-hydroxylation sites is 1. The Morgan fingerprint density at radius 1 is 0.881 bits per heavy atom. The number of fused-ring (bicyclic) bond motifs is 2. The molecule has 0 saturated carbocycles. The second-order valence-corrected chi connectivity index (χ2v) is 10.5. The lowest BCUT2D eigenvalue weighted by molar-refractivity contribution is -0.670. The Morgan fingerprint density at radius 3 is 2.50 bits per heavy atom. The third-order valence-electron chi connectivity index (χ3n) is 6.92. The lowest BCUT2D eigenvalue weighted by Gasteiger charge is -2.11. The van der Waals surface area contributed by atoms with E-state index in [4.69, 9.17) is 15.2 Å². The molecule has 0 unspecified atom stereocenters. The molecule has 4 aromatic carbocycles. The molecule has 7 nitrogen and oxygen atoms in total. The Hall–Kier alpha value is -5.48. The molecule has 10 heteroatoms. The molecule has 0 spiro atoms.